The fraction of sp³-hybridized carbons (Fsp3) is 0.450. The van der Waals surface area contributed by atoms with E-state index in [1.807, 2.05) is 49.8 Å². The van der Waals surface area contributed by atoms with Gasteiger partial charge in [0.15, 0.2) is 0 Å². The van der Waals surface area contributed by atoms with Gasteiger partial charge in [-0.2, -0.15) is 0 Å². The molecule has 1 atom stereocenters. The maximum atomic E-state index is 12.6. The minimum atomic E-state index is -0.322. The molecule has 0 aliphatic carbocycles. The highest BCUT2D eigenvalue weighted by molar-refractivity contribution is 7.13. The number of nitrogens with one attached hydrogen (secondary N) is 1. The van der Waals surface area contributed by atoms with Crippen LogP contribution in [0, 0.1) is 5.92 Å². The van der Waals surface area contributed by atoms with E-state index >= 15 is 0 Å². The smallest absolute Gasteiger partial charge is 0.243 e. The normalized spacial score (nSPS) is 16.9. The van der Waals surface area contributed by atoms with E-state index in [1.165, 1.54) is 0 Å². The number of likely N-dealkylation sites (tertiary alicyclic amines) is 1. The molecule has 1 aromatic heterocycles. The average Bonchev–Trinajstić information content (AvgIpc) is 3.31. The van der Waals surface area contributed by atoms with Gasteiger partial charge in [0, 0.05) is 25.7 Å². The SMILES string of the molecule is CC(C)CC(=O)N1CCCC1C(=O)NCc1ccc(-c2cncs2)cc1. The zero-order valence-electron chi connectivity index (χ0n) is 15.3. The zero-order chi connectivity index (χ0) is 18.5. The topological polar surface area (TPSA) is 62.3 Å². The van der Waals surface area contributed by atoms with Gasteiger partial charge in [-0.25, -0.2) is 0 Å². The standard InChI is InChI=1S/C20H25N3O2S/c1-14(2)10-19(24)23-9-3-4-17(23)20(25)22-11-15-5-7-16(8-6-15)18-12-21-13-26-18/h5-8,12-14,17H,3-4,9-11H2,1-2H3,(H,22,25). The van der Waals surface area contributed by atoms with E-state index in [0.717, 1.165) is 28.8 Å². The Labute approximate surface area is 158 Å². The van der Waals surface area contributed by atoms with Crippen molar-refractivity contribution < 1.29 is 9.59 Å². The molecule has 1 N–H and O–H groups in total. The average molecular weight is 372 g/mol. The Hall–Kier alpha value is -2.21. The van der Waals surface area contributed by atoms with Crippen molar-refractivity contribution in [1.82, 2.24) is 15.2 Å². The molecule has 1 fully saturated rings. The summed E-state index contributed by atoms with van der Waals surface area (Å²) >= 11 is 1.61. The summed E-state index contributed by atoms with van der Waals surface area (Å²) in [7, 11) is 0. The van der Waals surface area contributed by atoms with Gasteiger partial charge in [-0.05, 0) is 29.9 Å². The summed E-state index contributed by atoms with van der Waals surface area (Å²) in [6, 6.07) is 7.81. The van der Waals surface area contributed by atoms with Crippen LogP contribution in [-0.2, 0) is 16.1 Å². The Morgan fingerprint density at radius 2 is 2.08 bits per heavy atom. The Bertz CT molecular complexity index is 741. The monoisotopic (exact) mass is 371 g/mol. The Morgan fingerprint density at radius 1 is 1.31 bits per heavy atom. The first-order valence-corrected chi connectivity index (χ1v) is 9.97. The van der Waals surface area contributed by atoms with Crippen LogP contribution in [0.1, 0.15) is 38.7 Å². The third kappa shape index (κ3) is 4.49. The number of carbonyl (C=O) groups excluding carboxylic acids is 2. The lowest BCUT2D eigenvalue weighted by molar-refractivity contribution is -0.139. The van der Waals surface area contributed by atoms with Crippen molar-refractivity contribution in [2.24, 2.45) is 5.92 Å². The minimum absolute atomic E-state index is 0.0499. The van der Waals surface area contributed by atoms with E-state index in [4.69, 9.17) is 0 Å². The minimum Gasteiger partial charge on any atom is -0.350 e. The molecule has 1 aromatic carbocycles. The van der Waals surface area contributed by atoms with Crippen LogP contribution in [0.2, 0.25) is 0 Å². The molecule has 1 unspecified atom stereocenters. The van der Waals surface area contributed by atoms with Crippen molar-refractivity contribution in [3.8, 4) is 10.4 Å². The first-order valence-electron chi connectivity index (χ1n) is 9.09. The number of rotatable bonds is 6. The molecule has 0 spiro atoms. The predicted octanol–water partition coefficient (Wildman–Crippen LogP) is 3.46. The summed E-state index contributed by atoms with van der Waals surface area (Å²) in [4.78, 5) is 31.9. The summed E-state index contributed by atoms with van der Waals surface area (Å²) in [5.74, 6) is 0.349. The number of hydrogen-bond acceptors (Lipinski definition) is 4. The van der Waals surface area contributed by atoms with Crippen molar-refractivity contribution in [1.29, 1.82) is 0 Å². The van der Waals surface area contributed by atoms with Gasteiger partial charge >= 0.3 is 0 Å². The Kier molecular flexibility index (Phi) is 6.04. The molecule has 6 heteroatoms. The van der Waals surface area contributed by atoms with Crippen LogP contribution in [-0.4, -0.2) is 34.3 Å². The van der Waals surface area contributed by atoms with E-state index in [-0.39, 0.29) is 17.9 Å². The zero-order valence-corrected chi connectivity index (χ0v) is 16.1. The second-order valence-corrected chi connectivity index (χ2v) is 8.01. The third-order valence-electron chi connectivity index (χ3n) is 4.60. The van der Waals surface area contributed by atoms with E-state index in [2.05, 4.69) is 10.3 Å². The second kappa shape index (κ2) is 8.45. The van der Waals surface area contributed by atoms with Gasteiger partial charge in [-0.15, -0.1) is 11.3 Å². The molecule has 2 aromatic rings. The molecule has 2 heterocycles. The summed E-state index contributed by atoms with van der Waals surface area (Å²) in [6.07, 6.45) is 4.00. The van der Waals surface area contributed by atoms with Gasteiger partial charge in [-0.1, -0.05) is 38.1 Å². The number of carbonyl (C=O) groups is 2. The fourth-order valence-electron chi connectivity index (χ4n) is 3.26. The van der Waals surface area contributed by atoms with E-state index in [9.17, 15) is 9.59 Å². The van der Waals surface area contributed by atoms with Crippen LogP contribution in [0.3, 0.4) is 0 Å². The number of thiazole rings is 1. The number of amides is 2. The first-order chi connectivity index (χ1) is 12.5. The van der Waals surface area contributed by atoms with Crippen LogP contribution in [0.5, 0.6) is 0 Å². The summed E-state index contributed by atoms with van der Waals surface area (Å²) < 4.78 is 0. The van der Waals surface area contributed by atoms with E-state index in [0.29, 0.717) is 25.4 Å². The number of aromatic nitrogens is 1. The van der Waals surface area contributed by atoms with E-state index < -0.39 is 0 Å². The molecule has 0 bridgehead atoms. The fourth-order valence-corrected chi connectivity index (χ4v) is 3.89. The quantitative estimate of drug-likeness (QED) is 0.846. The van der Waals surface area contributed by atoms with Crippen LogP contribution >= 0.6 is 11.3 Å². The van der Waals surface area contributed by atoms with Crippen LogP contribution in [0.15, 0.2) is 36.0 Å². The van der Waals surface area contributed by atoms with Crippen molar-refractivity contribution in [3.05, 3.63) is 41.5 Å². The summed E-state index contributed by atoms with van der Waals surface area (Å²) in [6.45, 7) is 5.22. The molecule has 1 saturated heterocycles. The largest absolute Gasteiger partial charge is 0.350 e. The van der Waals surface area contributed by atoms with E-state index in [1.54, 1.807) is 16.2 Å². The molecule has 26 heavy (non-hydrogen) atoms. The highest BCUT2D eigenvalue weighted by Crippen LogP contribution is 2.23. The van der Waals surface area contributed by atoms with Gasteiger partial charge in [0.25, 0.3) is 0 Å². The van der Waals surface area contributed by atoms with Crippen molar-refractivity contribution in [2.75, 3.05) is 6.54 Å². The van der Waals surface area contributed by atoms with Gasteiger partial charge in [0.1, 0.15) is 6.04 Å². The molecular formula is C20H25N3O2S. The highest BCUT2D eigenvalue weighted by atomic mass is 32.1. The lowest BCUT2D eigenvalue weighted by atomic mass is 10.1. The molecule has 0 radical (unpaired) electrons. The molecule has 1 aliphatic rings. The lowest BCUT2D eigenvalue weighted by Gasteiger charge is -2.24. The maximum absolute atomic E-state index is 12.6. The van der Waals surface area contributed by atoms with Crippen molar-refractivity contribution >= 4 is 23.2 Å². The van der Waals surface area contributed by atoms with Crippen LogP contribution in [0.4, 0.5) is 0 Å². The first kappa shape index (κ1) is 18.6. The van der Waals surface area contributed by atoms with Gasteiger partial charge in [-0.3, -0.25) is 14.6 Å². The number of hydrogen-bond donors (Lipinski definition) is 1. The van der Waals surface area contributed by atoms with Gasteiger partial charge < -0.3 is 10.2 Å². The molecule has 5 nitrogen and oxygen atoms in total. The lowest BCUT2D eigenvalue weighted by Crippen LogP contribution is -2.46. The molecule has 1 aliphatic heterocycles. The van der Waals surface area contributed by atoms with Crippen molar-refractivity contribution in [2.45, 2.75) is 45.7 Å². The molecule has 2 amide bonds. The second-order valence-electron chi connectivity index (χ2n) is 7.12. The third-order valence-corrected chi connectivity index (χ3v) is 5.42. The maximum Gasteiger partial charge on any atom is 0.243 e. The molecule has 138 valence electrons. The summed E-state index contributed by atoms with van der Waals surface area (Å²) in [5, 5.41) is 2.99. The highest BCUT2D eigenvalue weighted by Gasteiger charge is 2.33. The van der Waals surface area contributed by atoms with Crippen LogP contribution in [0.25, 0.3) is 10.4 Å². The molecule has 3 rings (SSSR count). The number of nitrogens with zero attached hydrogens (tertiary/aromatic N) is 2. The van der Waals surface area contributed by atoms with Crippen molar-refractivity contribution in [3.63, 3.8) is 0 Å². The number of benzene rings is 1. The van der Waals surface area contributed by atoms with Gasteiger partial charge in [0.2, 0.25) is 11.8 Å². The Morgan fingerprint density at radius 3 is 2.73 bits per heavy atom. The molecule has 0 saturated carbocycles. The predicted molar refractivity (Wildman–Crippen MR) is 104 cm³/mol. The Balaban J connectivity index is 1.55. The molecular weight excluding hydrogens is 346 g/mol. The summed E-state index contributed by atoms with van der Waals surface area (Å²) in [5.41, 5.74) is 3.99. The van der Waals surface area contributed by atoms with Crippen LogP contribution < -0.4 is 5.32 Å². The van der Waals surface area contributed by atoms with Gasteiger partial charge in [0.05, 0.1) is 10.4 Å².